The zero-order chi connectivity index (χ0) is 18.5. The van der Waals surface area contributed by atoms with E-state index in [1.165, 1.54) is 89.3 Å². The van der Waals surface area contributed by atoms with Gasteiger partial charge in [0.05, 0.1) is 0 Å². The third-order valence-electron chi connectivity index (χ3n) is 5.51. The van der Waals surface area contributed by atoms with Crippen LogP contribution < -0.4 is 4.90 Å². The van der Waals surface area contributed by atoms with Gasteiger partial charge in [-0.1, -0.05) is 89.8 Å². The molecule has 0 spiro atoms. The zero-order valence-corrected chi connectivity index (χ0v) is 17.2. The van der Waals surface area contributed by atoms with Gasteiger partial charge in [-0.15, -0.1) is 0 Å². The molecule has 26 heavy (non-hydrogen) atoms. The van der Waals surface area contributed by atoms with Gasteiger partial charge in [-0.2, -0.15) is 0 Å². The van der Waals surface area contributed by atoms with E-state index in [1.807, 2.05) is 0 Å². The lowest BCUT2D eigenvalue weighted by atomic mass is 10.1. The minimum atomic E-state index is 0.509. The fraction of sp³-hybridized carbons (Fsp3) is 0.667. The third kappa shape index (κ3) is 7.05. The number of anilines is 1. The summed E-state index contributed by atoms with van der Waals surface area (Å²) in [5.74, 6) is 0. The number of unbranched alkanes of at least 4 members (excludes halogenated alkanes) is 9. The monoisotopic (exact) mass is 356 g/mol. The van der Waals surface area contributed by atoms with E-state index in [2.05, 4.69) is 66.4 Å². The first-order valence-electron chi connectivity index (χ1n) is 11.1. The molecule has 1 aromatic carbocycles. The molecule has 1 aromatic rings. The molecule has 0 aromatic heterocycles. The molecule has 2 rings (SSSR count). The van der Waals surface area contributed by atoms with E-state index < -0.39 is 0 Å². The highest BCUT2D eigenvalue weighted by Crippen LogP contribution is 2.28. The Morgan fingerprint density at radius 3 is 2.00 bits per heavy atom. The maximum Gasteiger partial charge on any atom is 0.105 e. The number of hydrogen-bond donors (Lipinski definition) is 0. The second-order valence-electron chi connectivity index (χ2n) is 7.73. The molecule has 1 unspecified atom stereocenters. The van der Waals surface area contributed by atoms with Crippen molar-refractivity contribution < 1.29 is 0 Å². The third-order valence-corrected chi connectivity index (χ3v) is 5.51. The number of hydrogen-bond acceptors (Lipinski definition) is 2. The SMILES string of the molecule is CCCCCCCCCCC1N(CCCCC)C=CN1c1ccccc1. The second-order valence-corrected chi connectivity index (χ2v) is 7.73. The molecule has 0 aliphatic carbocycles. The van der Waals surface area contributed by atoms with E-state index in [-0.39, 0.29) is 0 Å². The molecule has 2 heteroatoms. The smallest absolute Gasteiger partial charge is 0.105 e. The molecule has 0 radical (unpaired) electrons. The van der Waals surface area contributed by atoms with Crippen LogP contribution in [0.2, 0.25) is 0 Å². The van der Waals surface area contributed by atoms with Crippen molar-refractivity contribution in [2.45, 2.75) is 97.1 Å². The summed E-state index contributed by atoms with van der Waals surface area (Å²) in [7, 11) is 0. The zero-order valence-electron chi connectivity index (χ0n) is 17.2. The molecule has 0 saturated carbocycles. The minimum absolute atomic E-state index is 0.509. The maximum absolute atomic E-state index is 2.57. The topological polar surface area (TPSA) is 6.48 Å². The summed E-state index contributed by atoms with van der Waals surface area (Å²) in [6, 6.07) is 10.9. The Morgan fingerprint density at radius 1 is 0.692 bits per heavy atom. The lowest BCUT2D eigenvalue weighted by Crippen LogP contribution is -2.39. The van der Waals surface area contributed by atoms with Crippen LogP contribution >= 0.6 is 0 Å². The van der Waals surface area contributed by atoms with E-state index in [1.54, 1.807) is 0 Å². The van der Waals surface area contributed by atoms with E-state index in [0.717, 1.165) is 0 Å². The lowest BCUT2D eigenvalue weighted by molar-refractivity contribution is 0.274. The van der Waals surface area contributed by atoms with Crippen molar-refractivity contribution in [2.24, 2.45) is 0 Å². The van der Waals surface area contributed by atoms with E-state index >= 15 is 0 Å². The van der Waals surface area contributed by atoms with E-state index in [4.69, 9.17) is 0 Å². The Labute approximate surface area is 162 Å². The summed E-state index contributed by atoms with van der Waals surface area (Å²) in [6.45, 7) is 5.77. The fourth-order valence-electron chi connectivity index (χ4n) is 3.91. The normalized spacial score (nSPS) is 16.6. The Bertz CT molecular complexity index is 482. The summed E-state index contributed by atoms with van der Waals surface area (Å²) in [5, 5.41) is 0. The first-order valence-corrected chi connectivity index (χ1v) is 11.1. The van der Waals surface area contributed by atoms with Crippen molar-refractivity contribution in [1.82, 2.24) is 4.90 Å². The molecule has 1 heterocycles. The number of rotatable bonds is 14. The largest absolute Gasteiger partial charge is 0.356 e. The number of para-hydroxylation sites is 1. The summed E-state index contributed by atoms with van der Waals surface area (Å²) < 4.78 is 0. The standard InChI is InChI=1S/C24H40N2/c1-3-5-7-8-9-10-11-15-19-24-25(20-16-6-4-2)21-22-26(24)23-17-13-12-14-18-23/h12-14,17-18,21-22,24H,3-11,15-16,19-20H2,1-2H3. The van der Waals surface area contributed by atoms with Crippen molar-refractivity contribution in [3.05, 3.63) is 42.7 Å². The Hall–Kier alpha value is -1.44. The van der Waals surface area contributed by atoms with Crippen LogP contribution in [-0.2, 0) is 0 Å². The Kier molecular flexibility index (Phi) is 10.3. The quantitative estimate of drug-likeness (QED) is 0.322. The molecule has 0 bridgehead atoms. The van der Waals surface area contributed by atoms with Gasteiger partial charge in [-0.05, 0) is 31.4 Å². The highest BCUT2D eigenvalue weighted by Gasteiger charge is 2.26. The predicted molar refractivity (Wildman–Crippen MR) is 115 cm³/mol. The first-order chi connectivity index (χ1) is 12.9. The van der Waals surface area contributed by atoms with Gasteiger partial charge < -0.3 is 9.80 Å². The fourth-order valence-corrected chi connectivity index (χ4v) is 3.91. The molecule has 1 aliphatic heterocycles. The molecule has 1 atom stereocenters. The molecular weight excluding hydrogens is 316 g/mol. The van der Waals surface area contributed by atoms with Gasteiger partial charge in [0.2, 0.25) is 0 Å². The molecule has 0 saturated heterocycles. The van der Waals surface area contributed by atoms with E-state index in [0.29, 0.717) is 6.17 Å². The first kappa shape index (κ1) is 20.9. The molecule has 0 amide bonds. The van der Waals surface area contributed by atoms with Gasteiger partial charge in [0.1, 0.15) is 6.17 Å². The summed E-state index contributed by atoms with van der Waals surface area (Å²) in [4.78, 5) is 5.05. The van der Waals surface area contributed by atoms with Crippen molar-refractivity contribution >= 4 is 5.69 Å². The van der Waals surface area contributed by atoms with Crippen LogP contribution in [0.15, 0.2) is 42.7 Å². The Balaban J connectivity index is 1.79. The van der Waals surface area contributed by atoms with Gasteiger partial charge in [0, 0.05) is 24.6 Å². The molecular formula is C24H40N2. The molecule has 2 nitrogen and oxygen atoms in total. The van der Waals surface area contributed by atoms with Crippen molar-refractivity contribution in [3.8, 4) is 0 Å². The number of nitrogens with zero attached hydrogens (tertiary/aromatic N) is 2. The predicted octanol–water partition coefficient (Wildman–Crippen LogP) is 7.33. The summed E-state index contributed by atoms with van der Waals surface area (Å²) in [5.41, 5.74) is 1.33. The van der Waals surface area contributed by atoms with Gasteiger partial charge in [0.25, 0.3) is 0 Å². The van der Waals surface area contributed by atoms with Crippen molar-refractivity contribution in [3.63, 3.8) is 0 Å². The highest BCUT2D eigenvalue weighted by atomic mass is 15.4. The number of benzene rings is 1. The van der Waals surface area contributed by atoms with Gasteiger partial charge in [-0.25, -0.2) is 0 Å². The lowest BCUT2D eigenvalue weighted by Gasteiger charge is -2.33. The van der Waals surface area contributed by atoms with Gasteiger partial charge in [0.15, 0.2) is 0 Å². The molecule has 146 valence electrons. The van der Waals surface area contributed by atoms with Gasteiger partial charge in [-0.3, -0.25) is 0 Å². The average Bonchev–Trinajstić information content (AvgIpc) is 3.07. The average molecular weight is 357 g/mol. The summed E-state index contributed by atoms with van der Waals surface area (Å²) >= 11 is 0. The van der Waals surface area contributed by atoms with Crippen molar-refractivity contribution in [1.29, 1.82) is 0 Å². The van der Waals surface area contributed by atoms with Crippen LogP contribution in [0, 0.1) is 0 Å². The van der Waals surface area contributed by atoms with Gasteiger partial charge >= 0.3 is 0 Å². The van der Waals surface area contributed by atoms with Crippen LogP contribution in [-0.4, -0.2) is 17.6 Å². The molecule has 0 fully saturated rings. The van der Waals surface area contributed by atoms with Crippen LogP contribution in [0.5, 0.6) is 0 Å². The Morgan fingerprint density at radius 2 is 1.31 bits per heavy atom. The van der Waals surface area contributed by atoms with Crippen LogP contribution in [0.25, 0.3) is 0 Å². The molecule has 1 aliphatic rings. The maximum atomic E-state index is 2.57. The molecule has 0 N–H and O–H groups in total. The highest BCUT2D eigenvalue weighted by molar-refractivity contribution is 5.51. The minimum Gasteiger partial charge on any atom is -0.356 e. The van der Waals surface area contributed by atoms with Crippen LogP contribution in [0.1, 0.15) is 90.9 Å². The van der Waals surface area contributed by atoms with Crippen LogP contribution in [0.4, 0.5) is 5.69 Å². The van der Waals surface area contributed by atoms with Crippen LogP contribution in [0.3, 0.4) is 0 Å². The van der Waals surface area contributed by atoms with Crippen molar-refractivity contribution in [2.75, 3.05) is 11.4 Å². The van der Waals surface area contributed by atoms with E-state index in [9.17, 15) is 0 Å². The second kappa shape index (κ2) is 12.8. The summed E-state index contributed by atoms with van der Waals surface area (Å²) in [6.07, 6.45) is 21.5.